The lowest BCUT2D eigenvalue weighted by molar-refractivity contribution is 0.269. The summed E-state index contributed by atoms with van der Waals surface area (Å²) >= 11 is 0. The zero-order chi connectivity index (χ0) is 13.4. The summed E-state index contributed by atoms with van der Waals surface area (Å²) in [6.45, 7) is 13.2. The molecule has 0 unspecified atom stereocenters. The number of rotatable bonds is 7. The Morgan fingerprint density at radius 2 is 1.89 bits per heavy atom. The molecule has 18 heavy (non-hydrogen) atoms. The van der Waals surface area contributed by atoms with Crippen LogP contribution in [0.2, 0.25) is 0 Å². The highest BCUT2D eigenvalue weighted by atomic mass is 15.1. The summed E-state index contributed by atoms with van der Waals surface area (Å²) in [4.78, 5) is 6.52. The first-order valence-electron chi connectivity index (χ1n) is 6.87. The van der Waals surface area contributed by atoms with E-state index in [4.69, 9.17) is 0 Å². The van der Waals surface area contributed by atoms with Crippen molar-refractivity contribution in [3.8, 4) is 0 Å². The molecule has 102 valence electrons. The van der Waals surface area contributed by atoms with Crippen LogP contribution >= 0.6 is 0 Å². The molecule has 0 atom stereocenters. The van der Waals surface area contributed by atoms with Gasteiger partial charge in [0.15, 0.2) is 0 Å². The lowest BCUT2D eigenvalue weighted by Crippen LogP contribution is -2.37. The Balaban J connectivity index is 2.26. The quantitative estimate of drug-likeness (QED) is 0.753. The van der Waals surface area contributed by atoms with E-state index < -0.39 is 0 Å². The van der Waals surface area contributed by atoms with Crippen molar-refractivity contribution in [3.63, 3.8) is 0 Å². The fraction of sp³-hybridized carbons (Fsp3) is 0.667. The molecule has 1 aromatic heterocycles. The highest BCUT2D eigenvalue weighted by molar-refractivity contribution is 5.09. The topological polar surface area (TPSA) is 28.2 Å². The molecule has 0 saturated heterocycles. The number of hydrogen-bond acceptors (Lipinski definition) is 3. The van der Waals surface area contributed by atoms with Crippen LogP contribution in [0.4, 0.5) is 0 Å². The molecular formula is C15H27N3. The van der Waals surface area contributed by atoms with Gasteiger partial charge < -0.3 is 5.32 Å². The van der Waals surface area contributed by atoms with Crippen LogP contribution in [-0.2, 0) is 6.54 Å². The second-order valence-electron chi connectivity index (χ2n) is 5.75. The Kier molecular flexibility index (Phi) is 6.30. The van der Waals surface area contributed by atoms with Gasteiger partial charge in [-0.15, -0.1) is 0 Å². The number of aromatic nitrogens is 1. The molecular weight excluding hydrogens is 222 g/mol. The van der Waals surface area contributed by atoms with Gasteiger partial charge in [0, 0.05) is 24.5 Å². The fourth-order valence-corrected chi connectivity index (χ4v) is 1.86. The van der Waals surface area contributed by atoms with Gasteiger partial charge in [-0.2, -0.15) is 0 Å². The smallest absolute Gasteiger partial charge is 0.0271 e. The first-order valence-corrected chi connectivity index (χ1v) is 6.87. The monoisotopic (exact) mass is 249 g/mol. The van der Waals surface area contributed by atoms with E-state index in [2.05, 4.69) is 55.0 Å². The van der Waals surface area contributed by atoms with Crippen LogP contribution in [0.1, 0.15) is 39.7 Å². The van der Waals surface area contributed by atoms with Gasteiger partial charge in [0.05, 0.1) is 0 Å². The third kappa shape index (κ3) is 6.72. The summed E-state index contributed by atoms with van der Waals surface area (Å²) < 4.78 is 0. The third-order valence-corrected chi connectivity index (χ3v) is 2.91. The van der Waals surface area contributed by atoms with E-state index in [-0.39, 0.29) is 5.54 Å². The second kappa shape index (κ2) is 7.49. The van der Waals surface area contributed by atoms with E-state index in [0.717, 1.165) is 26.2 Å². The van der Waals surface area contributed by atoms with E-state index in [0.29, 0.717) is 0 Å². The average molecular weight is 249 g/mol. The summed E-state index contributed by atoms with van der Waals surface area (Å²) in [6, 6.07) is 4.19. The molecule has 0 aliphatic heterocycles. The van der Waals surface area contributed by atoms with Gasteiger partial charge in [0.2, 0.25) is 0 Å². The van der Waals surface area contributed by atoms with Gasteiger partial charge in [0.25, 0.3) is 0 Å². The van der Waals surface area contributed by atoms with Crippen molar-refractivity contribution in [1.82, 2.24) is 15.2 Å². The van der Waals surface area contributed by atoms with Gasteiger partial charge >= 0.3 is 0 Å². The third-order valence-electron chi connectivity index (χ3n) is 2.91. The van der Waals surface area contributed by atoms with Crippen molar-refractivity contribution < 1.29 is 0 Å². The van der Waals surface area contributed by atoms with Crippen molar-refractivity contribution in [2.75, 3.05) is 19.6 Å². The molecule has 0 radical (unpaired) electrons. The normalized spacial score (nSPS) is 12.1. The average Bonchev–Trinajstić information content (AvgIpc) is 2.33. The molecule has 3 nitrogen and oxygen atoms in total. The van der Waals surface area contributed by atoms with Crippen LogP contribution in [0.3, 0.4) is 0 Å². The molecule has 1 rings (SSSR count). The molecule has 0 spiro atoms. The molecule has 0 saturated carbocycles. The minimum absolute atomic E-state index is 0.224. The minimum atomic E-state index is 0.224. The Morgan fingerprint density at radius 3 is 2.44 bits per heavy atom. The number of pyridine rings is 1. The maximum absolute atomic E-state index is 4.05. The van der Waals surface area contributed by atoms with Crippen LogP contribution in [0.15, 0.2) is 24.5 Å². The summed E-state index contributed by atoms with van der Waals surface area (Å²) in [5.41, 5.74) is 1.57. The van der Waals surface area contributed by atoms with Gasteiger partial charge in [-0.05, 0) is 64.5 Å². The standard InChI is InChI=1S/C15H27N3/c1-5-18(12-6-9-17-15(2,3)4)13-14-7-10-16-11-8-14/h7-8,10-11,17H,5-6,9,12-13H2,1-4H3. The zero-order valence-corrected chi connectivity index (χ0v) is 12.2. The molecule has 3 heteroatoms. The highest BCUT2D eigenvalue weighted by Crippen LogP contribution is 2.04. The van der Waals surface area contributed by atoms with Gasteiger partial charge in [-0.3, -0.25) is 9.88 Å². The zero-order valence-electron chi connectivity index (χ0n) is 12.2. The van der Waals surface area contributed by atoms with Crippen LogP contribution < -0.4 is 5.32 Å². The molecule has 0 aliphatic carbocycles. The van der Waals surface area contributed by atoms with Crippen molar-refractivity contribution in [3.05, 3.63) is 30.1 Å². The Labute approximate surface area is 112 Å². The summed E-state index contributed by atoms with van der Waals surface area (Å²) in [5, 5.41) is 3.53. The molecule has 0 fully saturated rings. The maximum atomic E-state index is 4.05. The second-order valence-corrected chi connectivity index (χ2v) is 5.75. The van der Waals surface area contributed by atoms with Crippen molar-refractivity contribution in [2.24, 2.45) is 0 Å². The molecule has 1 N–H and O–H groups in total. The number of nitrogens with zero attached hydrogens (tertiary/aromatic N) is 2. The summed E-state index contributed by atoms with van der Waals surface area (Å²) in [6.07, 6.45) is 4.92. The molecule has 1 aromatic rings. The van der Waals surface area contributed by atoms with Crippen LogP contribution in [-0.4, -0.2) is 35.1 Å². The largest absolute Gasteiger partial charge is 0.312 e. The lowest BCUT2D eigenvalue weighted by Gasteiger charge is -2.23. The van der Waals surface area contributed by atoms with E-state index in [9.17, 15) is 0 Å². The molecule has 0 amide bonds. The van der Waals surface area contributed by atoms with Crippen molar-refractivity contribution in [2.45, 2.75) is 46.2 Å². The molecule has 0 aromatic carbocycles. The van der Waals surface area contributed by atoms with E-state index >= 15 is 0 Å². The summed E-state index contributed by atoms with van der Waals surface area (Å²) in [7, 11) is 0. The van der Waals surface area contributed by atoms with Gasteiger partial charge in [0.1, 0.15) is 0 Å². The van der Waals surface area contributed by atoms with E-state index in [1.165, 1.54) is 12.0 Å². The first-order chi connectivity index (χ1) is 8.51. The SMILES string of the molecule is CCN(CCCNC(C)(C)C)Cc1ccncc1. The Hall–Kier alpha value is -0.930. The van der Waals surface area contributed by atoms with Crippen LogP contribution in [0.25, 0.3) is 0 Å². The highest BCUT2D eigenvalue weighted by Gasteiger charge is 2.08. The van der Waals surface area contributed by atoms with Gasteiger partial charge in [-0.1, -0.05) is 6.92 Å². The Bertz CT molecular complexity index is 316. The van der Waals surface area contributed by atoms with Crippen molar-refractivity contribution >= 4 is 0 Å². The van der Waals surface area contributed by atoms with Crippen LogP contribution in [0, 0.1) is 0 Å². The summed E-state index contributed by atoms with van der Waals surface area (Å²) in [5.74, 6) is 0. The Morgan fingerprint density at radius 1 is 1.22 bits per heavy atom. The predicted molar refractivity (Wildman–Crippen MR) is 77.6 cm³/mol. The molecule has 1 heterocycles. The lowest BCUT2D eigenvalue weighted by atomic mass is 10.1. The molecule has 0 bridgehead atoms. The number of hydrogen-bond donors (Lipinski definition) is 1. The van der Waals surface area contributed by atoms with Crippen molar-refractivity contribution in [1.29, 1.82) is 0 Å². The van der Waals surface area contributed by atoms with Gasteiger partial charge in [-0.25, -0.2) is 0 Å². The predicted octanol–water partition coefficient (Wildman–Crippen LogP) is 2.68. The van der Waals surface area contributed by atoms with E-state index in [1.54, 1.807) is 0 Å². The van der Waals surface area contributed by atoms with E-state index in [1.807, 2.05) is 12.4 Å². The maximum Gasteiger partial charge on any atom is 0.0271 e. The minimum Gasteiger partial charge on any atom is -0.312 e. The van der Waals surface area contributed by atoms with Crippen LogP contribution in [0.5, 0.6) is 0 Å². The fourth-order valence-electron chi connectivity index (χ4n) is 1.86. The molecule has 0 aliphatic rings. The number of nitrogens with one attached hydrogen (secondary N) is 1. The first kappa shape index (κ1) is 15.1.